The predicted molar refractivity (Wildman–Crippen MR) is 170 cm³/mol. The molecule has 7 rings (SSSR count). The lowest BCUT2D eigenvalue weighted by molar-refractivity contribution is -0.141. The number of nitrogens with zero attached hydrogens (tertiary/aromatic N) is 1. The van der Waals surface area contributed by atoms with Gasteiger partial charge in [0.05, 0.1) is 43.4 Å². The fourth-order valence-corrected chi connectivity index (χ4v) is 8.04. The van der Waals surface area contributed by atoms with Crippen LogP contribution in [0.15, 0.2) is 40.6 Å². The maximum Gasteiger partial charge on any atom is 0.374 e. The van der Waals surface area contributed by atoms with Gasteiger partial charge in [-0.05, 0) is 80.0 Å². The molecule has 2 fully saturated rings. The number of carbonyl (C=O) groups excluding carboxylic acids is 2. The van der Waals surface area contributed by atoms with Gasteiger partial charge in [-0.25, -0.2) is 4.79 Å². The molecule has 9 heteroatoms. The number of hydrogen-bond acceptors (Lipinski definition) is 9. The van der Waals surface area contributed by atoms with Crippen LogP contribution in [-0.4, -0.2) is 53.9 Å². The summed E-state index contributed by atoms with van der Waals surface area (Å²) in [4.78, 5) is 31.0. The Hall–Kier alpha value is -3.95. The van der Waals surface area contributed by atoms with E-state index in [9.17, 15) is 19.8 Å². The summed E-state index contributed by atoms with van der Waals surface area (Å²) in [6.07, 6.45) is 8.96. The monoisotopic (exact) mass is 627 g/mol. The molecule has 0 saturated heterocycles. The molecule has 2 saturated carbocycles. The number of ketones is 1. The molecule has 3 atom stereocenters. The van der Waals surface area contributed by atoms with E-state index >= 15 is 0 Å². The topological polar surface area (TPSA) is 124 Å². The molecule has 9 nitrogen and oxygen atoms in total. The molecule has 0 aromatic heterocycles. The molecule has 0 spiro atoms. The second kappa shape index (κ2) is 12.0. The van der Waals surface area contributed by atoms with Gasteiger partial charge in [0.2, 0.25) is 5.76 Å². The van der Waals surface area contributed by atoms with E-state index in [0.717, 1.165) is 58.5 Å². The van der Waals surface area contributed by atoms with Crippen LogP contribution < -0.4 is 24.8 Å². The summed E-state index contributed by atoms with van der Waals surface area (Å²) in [5, 5.41) is 24.5. The first-order valence-electron chi connectivity index (χ1n) is 16.5. The van der Waals surface area contributed by atoms with Gasteiger partial charge in [0.25, 0.3) is 0 Å². The first-order chi connectivity index (χ1) is 22.2. The third-order valence-electron chi connectivity index (χ3n) is 10.5. The number of aliphatic hydroxyl groups excluding tert-OH is 1. The van der Waals surface area contributed by atoms with Crippen molar-refractivity contribution in [1.82, 2.24) is 0 Å². The van der Waals surface area contributed by atoms with Crippen LogP contribution in [0, 0.1) is 5.92 Å². The molecule has 2 N–H and O–H groups in total. The van der Waals surface area contributed by atoms with E-state index in [-0.39, 0.29) is 35.7 Å². The molecule has 2 aliphatic carbocycles. The summed E-state index contributed by atoms with van der Waals surface area (Å²) in [5.41, 5.74) is 3.34. The van der Waals surface area contributed by atoms with Crippen molar-refractivity contribution in [3.05, 3.63) is 68.4 Å². The maximum absolute atomic E-state index is 13.4. The molecule has 242 valence electrons. The van der Waals surface area contributed by atoms with Gasteiger partial charge in [-0.15, -0.1) is 0 Å². The second-order valence-electron chi connectivity index (χ2n) is 13.1. The third kappa shape index (κ3) is 5.04. The molecule has 3 unspecified atom stereocenters. The van der Waals surface area contributed by atoms with Gasteiger partial charge in [0, 0.05) is 24.3 Å². The zero-order valence-corrected chi connectivity index (χ0v) is 26.7. The Morgan fingerprint density at radius 3 is 2.70 bits per heavy atom. The summed E-state index contributed by atoms with van der Waals surface area (Å²) < 4.78 is 24.2. The van der Waals surface area contributed by atoms with Crippen molar-refractivity contribution in [2.24, 2.45) is 10.9 Å². The van der Waals surface area contributed by atoms with E-state index in [1.807, 2.05) is 19.1 Å². The van der Waals surface area contributed by atoms with Crippen LogP contribution in [0.5, 0.6) is 17.2 Å². The molecule has 2 aromatic rings. The number of ether oxygens (including phenoxy) is 4. The standard InChI is InChI=1S/C37H41NO8/c1-4-44-36(41)30-17-25(21-10-12-29(40)24(16-21)20-9-11-28-22(15-20)13-14-38-28)32-34(43-3)26-18-31(37(2,42)23-7-5-6-8-23)46-33(26)27(19-39)35(32)45-30/h9,11,13,15,17,23-24,31,39,42H,4-8,10,12,14,16,18-19H2,1-3H3. The molecule has 3 aliphatic heterocycles. The number of hydrogen-bond donors (Lipinski definition) is 2. The van der Waals surface area contributed by atoms with Gasteiger partial charge < -0.3 is 29.2 Å². The minimum atomic E-state index is -1.08. The number of fused-ring (bicyclic) bond motifs is 3. The van der Waals surface area contributed by atoms with Crippen LogP contribution in [0.3, 0.4) is 0 Å². The van der Waals surface area contributed by atoms with E-state index in [2.05, 4.69) is 17.1 Å². The van der Waals surface area contributed by atoms with Crippen LogP contribution in [0.2, 0.25) is 0 Å². The second-order valence-corrected chi connectivity index (χ2v) is 13.1. The molecule has 2 aromatic carbocycles. The number of methoxy groups -OCH3 is 1. The van der Waals surface area contributed by atoms with Crippen LogP contribution in [0.1, 0.15) is 87.0 Å². The molecule has 0 radical (unpaired) electrons. The van der Waals surface area contributed by atoms with Gasteiger partial charge in [0.1, 0.15) is 34.7 Å². The van der Waals surface area contributed by atoms with Crippen molar-refractivity contribution >= 4 is 23.4 Å². The van der Waals surface area contributed by atoms with Gasteiger partial charge in [0.15, 0.2) is 0 Å². The molecule has 5 aliphatic rings. The Labute approximate surface area is 268 Å². The Kier molecular flexibility index (Phi) is 8.01. The number of aliphatic hydroxyl groups is 2. The average molecular weight is 628 g/mol. The van der Waals surface area contributed by atoms with Gasteiger partial charge >= 0.3 is 5.97 Å². The summed E-state index contributed by atoms with van der Waals surface area (Å²) in [5.74, 6) is 0.509. The number of esters is 1. The highest BCUT2D eigenvalue weighted by Gasteiger charge is 2.48. The zero-order chi connectivity index (χ0) is 32.2. The molecular weight excluding hydrogens is 586 g/mol. The first kappa shape index (κ1) is 30.7. The van der Waals surface area contributed by atoms with E-state index in [1.54, 1.807) is 20.1 Å². The average Bonchev–Trinajstić information content (AvgIpc) is 3.85. The normalized spacial score (nSPS) is 24.8. The van der Waals surface area contributed by atoms with Crippen LogP contribution in [0.4, 0.5) is 0 Å². The lowest BCUT2D eigenvalue weighted by Gasteiger charge is -2.35. The Bertz CT molecular complexity index is 1800. The fourth-order valence-electron chi connectivity index (χ4n) is 8.04. The minimum Gasteiger partial charge on any atom is -0.496 e. The highest BCUT2D eigenvalue weighted by atomic mass is 16.6. The Morgan fingerprint density at radius 1 is 1.15 bits per heavy atom. The third-order valence-corrected chi connectivity index (χ3v) is 10.5. The minimum absolute atomic E-state index is 0.0109. The lowest BCUT2D eigenvalue weighted by atomic mass is 9.76. The fraction of sp³-hybridized carbons (Fsp3) is 0.486. The van der Waals surface area contributed by atoms with E-state index < -0.39 is 24.3 Å². The number of carbonyl (C=O) groups is 2. The number of rotatable bonds is 7. The van der Waals surface area contributed by atoms with E-state index in [1.165, 1.54) is 0 Å². The van der Waals surface area contributed by atoms with Crippen molar-refractivity contribution in [3.8, 4) is 17.2 Å². The maximum atomic E-state index is 13.4. The summed E-state index contributed by atoms with van der Waals surface area (Å²) in [6, 6.07) is 6.02. The van der Waals surface area contributed by atoms with Crippen molar-refractivity contribution in [1.29, 1.82) is 0 Å². The largest absolute Gasteiger partial charge is 0.496 e. The highest BCUT2D eigenvalue weighted by Crippen LogP contribution is 2.55. The summed E-state index contributed by atoms with van der Waals surface area (Å²) in [7, 11) is 1.59. The molecule has 3 heterocycles. The number of Topliss-reactive ketones (excluding diaryl/α,β-unsaturated/α-hetero) is 1. The predicted octanol–water partition coefficient (Wildman–Crippen LogP) is 3.98. The molecule has 0 amide bonds. The molecule has 0 bridgehead atoms. The summed E-state index contributed by atoms with van der Waals surface area (Å²) >= 11 is 0. The zero-order valence-electron chi connectivity index (χ0n) is 26.7. The number of benzene rings is 2. The Balaban J connectivity index is 1.37. The van der Waals surface area contributed by atoms with Crippen molar-refractivity contribution in [2.75, 3.05) is 20.3 Å². The summed E-state index contributed by atoms with van der Waals surface area (Å²) in [6.45, 7) is 3.97. The van der Waals surface area contributed by atoms with E-state index in [0.29, 0.717) is 54.9 Å². The number of allylic oxidation sites excluding steroid dienone is 3. The highest BCUT2D eigenvalue weighted by molar-refractivity contribution is 5.98. The van der Waals surface area contributed by atoms with Crippen LogP contribution in [-0.2, 0) is 27.4 Å². The first-order valence-corrected chi connectivity index (χ1v) is 16.5. The van der Waals surface area contributed by atoms with Gasteiger partial charge in [-0.1, -0.05) is 30.6 Å². The van der Waals surface area contributed by atoms with Crippen molar-refractivity contribution in [3.63, 3.8) is 0 Å². The smallest absolute Gasteiger partial charge is 0.374 e. The Morgan fingerprint density at radius 2 is 1.96 bits per heavy atom. The van der Waals surface area contributed by atoms with E-state index in [4.69, 9.17) is 18.9 Å². The van der Waals surface area contributed by atoms with Crippen molar-refractivity contribution in [2.45, 2.75) is 89.4 Å². The quantitative estimate of drug-likeness (QED) is 0.442. The van der Waals surface area contributed by atoms with Crippen molar-refractivity contribution < 1.29 is 38.7 Å². The van der Waals surface area contributed by atoms with Gasteiger partial charge in [-0.3, -0.25) is 9.79 Å². The van der Waals surface area contributed by atoms with Crippen LogP contribution >= 0.6 is 0 Å². The lowest BCUT2D eigenvalue weighted by Crippen LogP contribution is -2.47. The molecular formula is C37H41NO8. The molecule has 46 heavy (non-hydrogen) atoms. The van der Waals surface area contributed by atoms with Gasteiger partial charge in [-0.2, -0.15) is 0 Å². The van der Waals surface area contributed by atoms with Crippen LogP contribution in [0.25, 0.3) is 11.6 Å². The SMILES string of the molecule is CCOC(=O)C1=CC(=C2CCC(=O)C(c3ccc4c(c3)=CCN=4)C2)c2c(OC)c3c(c(CO)c2O1)OC(C(C)(O)C1CCCC1)C3.